The van der Waals surface area contributed by atoms with Gasteiger partial charge in [0.25, 0.3) is 0 Å². The van der Waals surface area contributed by atoms with E-state index in [0.29, 0.717) is 25.4 Å². The van der Waals surface area contributed by atoms with Gasteiger partial charge in [0.1, 0.15) is 0 Å². The third-order valence-corrected chi connectivity index (χ3v) is 3.19. The van der Waals surface area contributed by atoms with Gasteiger partial charge in [0.05, 0.1) is 0 Å². The molecule has 4 heteroatoms. The van der Waals surface area contributed by atoms with E-state index in [1.807, 2.05) is 4.90 Å². The number of hydrogen-bond acceptors (Lipinski definition) is 2. The molecule has 1 heterocycles. The number of rotatable bonds is 4. The molecule has 0 spiro atoms. The fourth-order valence-corrected chi connectivity index (χ4v) is 1.98. The predicted molar refractivity (Wildman–Crippen MR) is 62.6 cm³/mol. The highest BCUT2D eigenvalue weighted by Crippen LogP contribution is 2.18. The lowest BCUT2D eigenvalue weighted by molar-refractivity contribution is -0.135. The van der Waals surface area contributed by atoms with Crippen LogP contribution < -0.4 is 5.73 Å². The molecule has 1 saturated heterocycles. The number of nitrogens with two attached hydrogens (primary N) is 1. The summed E-state index contributed by atoms with van der Waals surface area (Å²) in [6.07, 6.45) is 3.01. The first-order valence-corrected chi connectivity index (χ1v) is 6.07. The summed E-state index contributed by atoms with van der Waals surface area (Å²) in [5.41, 5.74) is 5.24. The van der Waals surface area contributed by atoms with Crippen LogP contribution in [0, 0.1) is 11.8 Å². The molecular formula is C12H22N2O2. The molecule has 92 valence electrons. The predicted octanol–water partition coefficient (Wildman–Crippen LogP) is 1.15. The summed E-state index contributed by atoms with van der Waals surface area (Å²) < 4.78 is 0. The molecule has 1 rings (SSSR count). The smallest absolute Gasteiger partial charge is 0.222 e. The number of piperidine rings is 1. The highest BCUT2D eigenvalue weighted by Gasteiger charge is 2.25. The first kappa shape index (κ1) is 13.0. The fourth-order valence-electron chi connectivity index (χ4n) is 1.98. The average Bonchev–Trinajstić information content (AvgIpc) is 2.26. The number of hydrogen-bond donors (Lipinski definition) is 1. The van der Waals surface area contributed by atoms with Gasteiger partial charge in [0.2, 0.25) is 11.8 Å². The molecule has 1 aliphatic rings. The summed E-state index contributed by atoms with van der Waals surface area (Å²) in [6.45, 7) is 5.61. The Labute approximate surface area is 97.2 Å². The molecule has 0 atom stereocenters. The van der Waals surface area contributed by atoms with E-state index in [1.165, 1.54) is 0 Å². The zero-order valence-electron chi connectivity index (χ0n) is 10.2. The second-order valence-corrected chi connectivity index (χ2v) is 4.99. The Hall–Kier alpha value is -1.06. The third kappa shape index (κ3) is 3.83. The van der Waals surface area contributed by atoms with Crippen molar-refractivity contribution in [2.75, 3.05) is 13.1 Å². The Morgan fingerprint density at radius 3 is 2.31 bits per heavy atom. The Balaban J connectivity index is 2.30. The van der Waals surface area contributed by atoms with Crippen molar-refractivity contribution in [3.8, 4) is 0 Å². The maximum atomic E-state index is 11.8. The lowest BCUT2D eigenvalue weighted by Gasteiger charge is -2.30. The number of likely N-dealkylation sites (tertiary alicyclic amines) is 1. The van der Waals surface area contributed by atoms with E-state index in [1.54, 1.807) is 0 Å². The monoisotopic (exact) mass is 226 g/mol. The molecule has 0 bridgehead atoms. The second kappa shape index (κ2) is 5.87. The standard InChI is InChI=1S/C12H22N2O2/c1-9(2)3-4-11(15)14-7-5-10(6-8-14)12(13)16/h9-10H,3-8H2,1-2H3,(H2,13,16). The number of primary amides is 1. The zero-order valence-corrected chi connectivity index (χ0v) is 10.2. The molecule has 2 amide bonds. The zero-order chi connectivity index (χ0) is 12.1. The number of nitrogens with zero attached hydrogens (tertiary/aromatic N) is 1. The van der Waals surface area contributed by atoms with Gasteiger partial charge in [-0.25, -0.2) is 0 Å². The second-order valence-electron chi connectivity index (χ2n) is 4.99. The van der Waals surface area contributed by atoms with E-state index in [-0.39, 0.29) is 17.7 Å². The van der Waals surface area contributed by atoms with Crippen LogP contribution in [0.2, 0.25) is 0 Å². The maximum Gasteiger partial charge on any atom is 0.222 e. The van der Waals surface area contributed by atoms with Crippen molar-refractivity contribution in [3.63, 3.8) is 0 Å². The molecule has 0 radical (unpaired) electrons. The molecule has 0 aliphatic carbocycles. The molecule has 0 unspecified atom stereocenters. The van der Waals surface area contributed by atoms with Crippen LogP contribution >= 0.6 is 0 Å². The van der Waals surface area contributed by atoms with Crippen LogP contribution in [0.1, 0.15) is 39.5 Å². The average molecular weight is 226 g/mol. The van der Waals surface area contributed by atoms with Gasteiger partial charge < -0.3 is 10.6 Å². The minimum atomic E-state index is -0.228. The molecule has 0 aromatic carbocycles. The van der Waals surface area contributed by atoms with E-state index in [4.69, 9.17) is 5.73 Å². The summed E-state index contributed by atoms with van der Waals surface area (Å²) in [6, 6.07) is 0. The molecule has 1 fully saturated rings. The summed E-state index contributed by atoms with van der Waals surface area (Å²) in [7, 11) is 0. The summed E-state index contributed by atoms with van der Waals surface area (Å²) in [4.78, 5) is 24.6. The van der Waals surface area contributed by atoms with Crippen molar-refractivity contribution in [2.24, 2.45) is 17.6 Å². The van der Waals surface area contributed by atoms with Gasteiger partial charge in [-0.05, 0) is 25.2 Å². The molecule has 1 aliphatic heterocycles. The molecule has 16 heavy (non-hydrogen) atoms. The van der Waals surface area contributed by atoms with Crippen LogP contribution in [0.15, 0.2) is 0 Å². The van der Waals surface area contributed by atoms with E-state index >= 15 is 0 Å². The van der Waals surface area contributed by atoms with Crippen molar-refractivity contribution in [1.29, 1.82) is 0 Å². The lowest BCUT2D eigenvalue weighted by atomic mass is 9.96. The van der Waals surface area contributed by atoms with Crippen molar-refractivity contribution in [1.82, 2.24) is 4.90 Å². The Morgan fingerprint density at radius 1 is 1.31 bits per heavy atom. The van der Waals surface area contributed by atoms with Crippen LogP contribution in [0.5, 0.6) is 0 Å². The SMILES string of the molecule is CC(C)CCC(=O)N1CCC(C(N)=O)CC1. The molecule has 0 saturated carbocycles. The molecule has 2 N–H and O–H groups in total. The minimum Gasteiger partial charge on any atom is -0.369 e. The van der Waals surface area contributed by atoms with E-state index in [0.717, 1.165) is 19.3 Å². The number of carbonyl (C=O) groups is 2. The van der Waals surface area contributed by atoms with Crippen LogP contribution in [0.25, 0.3) is 0 Å². The summed E-state index contributed by atoms with van der Waals surface area (Å²) in [5, 5.41) is 0. The van der Waals surface area contributed by atoms with Gasteiger partial charge in [-0.2, -0.15) is 0 Å². The highest BCUT2D eigenvalue weighted by atomic mass is 16.2. The van der Waals surface area contributed by atoms with Gasteiger partial charge >= 0.3 is 0 Å². The molecule has 4 nitrogen and oxygen atoms in total. The van der Waals surface area contributed by atoms with Gasteiger partial charge in [-0.1, -0.05) is 13.8 Å². The Bertz CT molecular complexity index is 256. The summed E-state index contributed by atoms with van der Waals surface area (Å²) >= 11 is 0. The normalized spacial score (nSPS) is 17.8. The maximum absolute atomic E-state index is 11.8. The van der Waals surface area contributed by atoms with Gasteiger partial charge in [-0.15, -0.1) is 0 Å². The van der Waals surface area contributed by atoms with Crippen molar-refractivity contribution < 1.29 is 9.59 Å². The van der Waals surface area contributed by atoms with E-state index < -0.39 is 0 Å². The Morgan fingerprint density at radius 2 is 1.88 bits per heavy atom. The van der Waals surface area contributed by atoms with E-state index in [9.17, 15) is 9.59 Å². The van der Waals surface area contributed by atoms with Crippen molar-refractivity contribution in [2.45, 2.75) is 39.5 Å². The molecule has 0 aromatic rings. The summed E-state index contributed by atoms with van der Waals surface area (Å²) in [5.74, 6) is 0.521. The van der Waals surface area contributed by atoms with Crippen LogP contribution in [-0.2, 0) is 9.59 Å². The minimum absolute atomic E-state index is 0.0332. The quantitative estimate of drug-likeness (QED) is 0.781. The topological polar surface area (TPSA) is 63.4 Å². The van der Waals surface area contributed by atoms with Gasteiger partial charge in [0, 0.05) is 25.4 Å². The number of carbonyl (C=O) groups excluding carboxylic acids is 2. The van der Waals surface area contributed by atoms with Crippen molar-refractivity contribution in [3.05, 3.63) is 0 Å². The molecule has 0 aromatic heterocycles. The third-order valence-electron chi connectivity index (χ3n) is 3.19. The highest BCUT2D eigenvalue weighted by molar-refractivity contribution is 5.78. The first-order chi connectivity index (χ1) is 7.50. The number of amides is 2. The molecular weight excluding hydrogens is 204 g/mol. The Kier molecular flexibility index (Phi) is 4.77. The van der Waals surface area contributed by atoms with Crippen LogP contribution in [0.4, 0.5) is 0 Å². The van der Waals surface area contributed by atoms with Gasteiger partial charge in [0.15, 0.2) is 0 Å². The first-order valence-electron chi connectivity index (χ1n) is 6.07. The largest absolute Gasteiger partial charge is 0.369 e. The van der Waals surface area contributed by atoms with Crippen LogP contribution in [-0.4, -0.2) is 29.8 Å². The fraction of sp³-hybridized carbons (Fsp3) is 0.833. The van der Waals surface area contributed by atoms with Crippen LogP contribution in [0.3, 0.4) is 0 Å². The lowest BCUT2D eigenvalue weighted by Crippen LogP contribution is -2.41. The van der Waals surface area contributed by atoms with Crippen molar-refractivity contribution >= 4 is 11.8 Å². The van der Waals surface area contributed by atoms with E-state index in [2.05, 4.69) is 13.8 Å². The van der Waals surface area contributed by atoms with Gasteiger partial charge in [-0.3, -0.25) is 9.59 Å².